The van der Waals surface area contributed by atoms with E-state index in [1.165, 1.54) is 15.6 Å². The molecule has 2 aromatic rings. The van der Waals surface area contributed by atoms with Crippen LogP contribution in [-0.2, 0) is 0 Å². The molecule has 0 aromatic carbocycles. The topological polar surface area (TPSA) is 52.7 Å². The average molecular weight is 202 g/mol. The Morgan fingerprint density at radius 1 is 1.47 bits per heavy atom. The summed E-state index contributed by atoms with van der Waals surface area (Å²) < 4.78 is 2.71. The highest BCUT2D eigenvalue weighted by Crippen LogP contribution is 1.98. The van der Waals surface area contributed by atoms with Crippen molar-refractivity contribution >= 4 is 6.20 Å². The summed E-state index contributed by atoms with van der Waals surface area (Å²) in [5, 5.41) is 3.98. The van der Waals surface area contributed by atoms with Crippen LogP contribution in [0.4, 0.5) is 0 Å². The summed E-state index contributed by atoms with van der Waals surface area (Å²) in [4.78, 5) is 15.7. The van der Waals surface area contributed by atoms with Crippen LogP contribution in [0, 0.1) is 0 Å². The van der Waals surface area contributed by atoms with Crippen LogP contribution in [0.2, 0.25) is 0 Å². The lowest BCUT2D eigenvalue weighted by molar-refractivity contribution is 0.829. The van der Waals surface area contributed by atoms with Gasteiger partial charge in [-0.1, -0.05) is 6.08 Å². The van der Waals surface area contributed by atoms with E-state index in [0.29, 0.717) is 5.69 Å². The lowest BCUT2D eigenvalue weighted by Gasteiger charge is -1.96. The van der Waals surface area contributed by atoms with Crippen LogP contribution in [0.25, 0.3) is 11.9 Å². The zero-order chi connectivity index (χ0) is 10.7. The van der Waals surface area contributed by atoms with Crippen molar-refractivity contribution in [3.05, 3.63) is 47.4 Å². The lowest BCUT2D eigenvalue weighted by atomic mass is 10.4. The van der Waals surface area contributed by atoms with Gasteiger partial charge in [-0.05, 0) is 19.1 Å². The van der Waals surface area contributed by atoms with Gasteiger partial charge >= 0.3 is 5.69 Å². The first-order valence-corrected chi connectivity index (χ1v) is 4.52. The third-order valence-electron chi connectivity index (χ3n) is 1.89. The highest BCUT2D eigenvalue weighted by Gasteiger charge is 2.03. The molecule has 0 aliphatic rings. The molecule has 0 spiro atoms. The third-order valence-corrected chi connectivity index (χ3v) is 1.89. The summed E-state index contributed by atoms with van der Waals surface area (Å²) in [5.41, 5.74) is 0.451. The first kappa shape index (κ1) is 9.39. The van der Waals surface area contributed by atoms with Gasteiger partial charge < -0.3 is 0 Å². The Morgan fingerprint density at radius 2 is 2.33 bits per heavy atom. The minimum Gasteiger partial charge on any atom is -0.262 e. The number of pyridine rings is 1. The zero-order valence-electron chi connectivity index (χ0n) is 8.24. The molecule has 2 rings (SSSR count). The number of nitrogens with zero attached hydrogens (tertiary/aromatic N) is 4. The van der Waals surface area contributed by atoms with Crippen molar-refractivity contribution in [3.63, 3.8) is 0 Å². The molecule has 2 aromatic heterocycles. The van der Waals surface area contributed by atoms with Gasteiger partial charge in [0.05, 0.1) is 11.9 Å². The van der Waals surface area contributed by atoms with E-state index in [-0.39, 0.29) is 5.69 Å². The molecular weight excluding hydrogens is 192 g/mol. The van der Waals surface area contributed by atoms with E-state index >= 15 is 0 Å². The molecule has 0 aliphatic carbocycles. The van der Waals surface area contributed by atoms with E-state index < -0.39 is 0 Å². The zero-order valence-corrected chi connectivity index (χ0v) is 8.24. The third kappa shape index (κ3) is 1.71. The molecule has 0 radical (unpaired) electrons. The Kier molecular flexibility index (Phi) is 2.45. The molecule has 0 saturated heterocycles. The first-order chi connectivity index (χ1) is 7.33. The first-order valence-electron chi connectivity index (χ1n) is 4.52. The monoisotopic (exact) mass is 202 g/mol. The smallest absolute Gasteiger partial charge is 0.262 e. The van der Waals surface area contributed by atoms with Crippen molar-refractivity contribution in [2.24, 2.45) is 0 Å². The van der Waals surface area contributed by atoms with Gasteiger partial charge in [0, 0.05) is 12.4 Å². The summed E-state index contributed by atoms with van der Waals surface area (Å²) >= 11 is 0. The van der Waals surface area contributed by atoms with Crippen LogP contribution in [0.1, 0.15) is 6.92 Å². The molecule has 0 atom stereocenters. The van der Waals surface area contributed by atoms with E-state index in [9.17, 15) is 4.79 Å². The standard InChI is InChI=1S/C10H10N4O/c1-2-6-13-8-12-14(10(13)15)9-4-3-5-11-7-9/h2-8H,1H3/b6-2-. The molecule has 5 heteroatoms. The van der Waals surface area contributed by atoms with Crippen molar-refractivity contribution in [2.45, 2.75) is 6.92 Å². The van der Waals surface area contributed by atoms with Gasteiger partial charge in [-0.3, -0.25) is 9.55 Å². The molecule has 0 aliphatic heterocycles. The van der Waals surface area contributed by atoms with E-state index in [0.717, 1.165) is 0 Å². The average Bonchev–Trinajstić information content (AvgIpc) is 2.63. The highest BCUT2D eigenvalue weighted by molar-refractivity contribution is 5.27. The molecule has 76 valence electrons. The normalized spacial score (nSPS) is 11.0. The minimum absolute atomic E-state index is 0.207. The van der Waals surface area contributed by atoms with Gasteiger partial charge in [-0.2, -0.15) is 9.78 Å². The maximum Gasteiger partial charge on any atom is 0.354 e. The quantitative estimate of drug-likeness (QED) is 0.727. The molecule has 2 heterocycles. The second kappa shape index (κ2) is 3.91. The Labute approximate surface area is 86.3 Å². The van der Waals surface area contributed by atoms with E-state index in [1.54, 1.807) is 36.8 Å². The Morgan fingerprint density at radius 3 is 3.00 bits per heavy atom. The Balaban J connectivity index is 2.52. The predicted molar refractivity (Wildman–Crippen MR) is 56.6 cm³/mol. The summed E-state index contributed by atoms with van der Waals surface area (Å²) in [6, 6.07) is 3.54. The summed E-state index contributed by atoms with van der Waals surface area (Å²) in [7, 11) is 0. The molecule has 15 heavy (non-hydrogen) atoms. The van der Waals surface area contributed by atoms with Crippen molar-refractivity contribution in [3.8, 4) is 5.69 Å². The number of rotatable bonds is 2. The van der Waals surface area contributed by atoms with Gasteiger partial charge in [0.1, 0.15) is 6.33 Å². The van der Waals surface area contributed by atoms with Gasteiger partial charge in [-0.25, -0.2) is 4.79 Å². The Bertz CT molecular complexity index is 524. The molecule has 0 N–H and O–H groups in total. The van der Waals surface area contributed by atoms with Gasteiger partial charge in [-0.15, -0.1) is 0 Å². The van der Waals surface area contributed by atoms with Crippen molar-refractivity contribution < 1.29 is 0 Å². The molecular formula is C10H10N4O. The minimum atomic E-state index is -0.207. The van der Waals surface area contributed by atoms with Crippen LogP contribution in [0.15, 0.2) is 41.7 Å². The lowest BCUT2D eigenvalue weighted by Crippen LogP contribution is -2.20. The fraction of sp³-hybridized carbons (Fsp3) is 0.100. The fourth-order valence-electron chi connectivity index (χ4n) is 1.23. The molecule has 5 nitrogen and oxygen atoms in total. The maximum atomic E-state index is 11.7. The number of hydrogen-bond acceptors (Lipinski definition) is 3. The number of aromatic nitrogens is 4. The van der Waals surface area contributed by atoms with Crippen molar-refractivity contribution in [2.75, 3.05) is 0 Å². The van der Waals surface area contributed by atoms with Gasteiger partial charge in [0.15, 0.2) is 0 Å². The van der Waals surface area contributed by atoms with Crippen molar-refractivity contribution in [1.29, 1.82) is 0 Å². The number of allylic oxidation sites excluding steroid dienone is 1. The SMILES string of the molecule is C/C=C\n1cnn(-c2cccnc2)c1=O. The summed E-state index contributed by atoms with van der Waals surface area (Å²) in [6.07, 6.45) is 8.14. The number of hydrogen-bond donors (Lipinski definition) is 0. The van der Waals surface area contributed by atoms with Crippen LogP contribution < -0.4 is 5.69 Å². The summed E-state index contributed by atoms with van der Waals surface area (Å²) in [6.45, 7) is 1.84. The largest absolute Gasteiger partial charge is 0.354 e. The van der Waals surface area contributed by atoms with E-state index in [4.69, 9.17) is 0 Å². The molecule has 0 bridgehead atoms. The molecule has 0 amide bonds. The van der Waals surface area contributed by atoms with E-state index in [2.05, 4.69) is 10.1 Å². The fourth-order valence-corrected chi connectivity index (χ4v) is 1.23. The van der Waals surface area contributed by atoms with Crippen molar-refractivity contribution in [1.82, 2.24) is 19.3 Å². The second-order valence-corrected chi connectivity index (χ2v) is 2.93. The van der Waals surface area contributed by atoms with E-state index in [1.807, 2.05) is 6.92 Å². The van der Waals surface area contributed by atoms with Crippen LogP contribution in [0.5, 0.6) is 0 Å². The molecule has 0 unspecified atom stereocenters. The summed E-state index contributed by atoms with van der Waals surface area (Å²) in [5.74, 6) is 0. The highest BCUT2D eigenvalue weighted by atomic mass is 16.2. The second-order valence-electron chi connectivity index (χ2n) is 2.93. The molecule has 0 fully saturated rings. The predicted octanol–water partition coefficient (Wildman–Crippen LogP) is 0.920. The van der Waals surface area contributed by atoms with Crippen LogP contribution >= 0.6 is 0 Å². The molecule has 0 saturated carbocycles. The van der Waals surface area contributed by atoms with Gasteiger partial charge in [0.25, 0.3) is 0 Å². The van der Waals surface area contributed by atoms with Gasteiger partial charge in [0.2, 0.25) is 0 Å². The Hall–Kier alpha value is -2.17. The van der Waals surface area contributed by atoms with Crippen LogP contribution in [0.3, 0.4) is 0 Å². The van der Waals surface area contributed by atoms with Crippen LogP contribution in [-0.4, -0.2) is 19.3 Å². The maximum absolute atomic E-state index is 11.7.